The van der Waals surface area contributed by atoms with Crippen LogP contribution in [0, 0.1) is 0 Å². The molecule has 1 fully saturated rings. The largest absolute Gasteiger partial charge is 0.338 e. The summed E-state index contributed by atoms with van der Waals surface area (Å²) in [6.07, 6.45) is 5.43. The van der Waals surface area contributed by atoms with Gasteiger partial charge >= 0.3 is 6.03 Å². The highest BCUT2D eigenvalue weighted by Gasteiger charge is 2.24. The smallest absolute Gasteiger partial charge is 0.318 e. The molecule has 0 saturated carbocycles. The number of aromatic amines is 1. The van der Waals surface area contributed by atoms with Crippen LogP contribution >= 0.6 is 0 Å². The monoisotopic (exact) mass is 381 g/mol. The van der Waals surface area contributed by atoms with Gasteiger partial charge in [-0.3, -0.25) is 4.68 Å². The van der Waals surface area contributed by atoms with Crippen LogP contribution in [0.1, 0.15) is 18.0 Å². The number of aryl methyl sites for hydroxylation is 1. The van der Waals surface area contributed by atoms with Crippen LogP contribution in [0.2, 0.25) is 0 Å². The van der Waals surface area contributed by atoms with Crippen molar-refractivity contribution in [1.82, 2.24) is 40.2 Å². The maximum absolute atomic E-state index is 12.9. The van der Waals surface area contributed by atoms with Crippen molar-refractivity contribution in [2.75, 3.05) is 31.1 Å². The standard InChI is InChI=1S/C18H23N9O/c28-18(26-10-8-25(9-11-26)17-20-13-21-24-17)23-16(15-4-2-1-3-5-15)6-7-27-14-19-12-22-27/h1-5,12-14,16H,6-11H2,(H,23,28)(H,20,21,24). The third-order valence-electron chi connectivity index (χ3n) is 4.88. The van der Waals surface area contributed by atoms with Crippen LogP contribution in [-0.4, -0.2) is 67.1 Å². The zero-order chi connectivity index (χ0) is 19.2. The number of carbonyl (C=O) groups is 1. The van der Waals surface area contributed by atoms with E-state index in [1.54, 1.807) is 11.0 Å². The van der Waals surface area contributed by atoms with E-state index in [2.05, 4.69) is 35.5 Å². The van der Waals surface area contributed by atoms with Crippen LogP contribution in [-0.2, 0) is 6.54 Å². The van der Waals surface area contributed by atoms with Gasteiger partial charge in [0.05, 0.1) is 6.04 Å². The lowest BCUT2D eigenvalue weighted by atomic mass is 10.0. The molecule has 10 nitrogen and oxygen atoms in total. The number of nitrogens with one attached hydrogen (secondary N) is 2. The SMILES string of the molecule is O=C(NC(CCn1cncn1)c1ccccc1)N1CCN(c2ncn[nH]2)CC1. The van der Waals surface area contributed by atoms with E-state index < -0.39 is 0 Å². The van der Waals surface area contributed by atoms with E-state index in [9.17, 15) is 4.79 Å². The topological polar surface area (TPSA) is 108 Å². The quantitative estimate of drug-likeness (QED) is 0.661. The zero-order valence-electron chi connectivity index (χ0n) is 15.5. The number of amides is 2. The van der Waals surface area contributed by atoms with E-state index >= 15 is 0 Å². The Kier molecular flexibility index (Phi) is 5.46. The van der Waals surface area contributed by atoms with Crippen molar-refractivity contribution in [3.63, 3.8) is 0 Å². The minimum atomic E-state index is -0.0924. The number of benzene rings is 1. The van der Waals surface area contributed by atoms with E-state index in [1.807, 2.05) is 35.2 Å². The fourth-order valence-electron chi connectivity index (χ4n) is 3.33. The van der Waals surface area contributed by atoms with Crippen molar-refractivity contribution in [2.24, 2.45) is 0 Å². The van der Waals surface area contributed by atoms with Gasteiger partial charge in [0, 0.05) is 32.7 Å². The first-order valence-electron chi connectivity index (χ1n) is 9.33. The third-order valence-corrected chi connectivity index (χ3v) is 4.88. The van der Waals surface area contributed by atoms with E-state index in [1.165, 1.54) is 12.7 Å². The third kappa shape index (κ3) is 4.27. The molecule has 4 rings (SSSR count). The van der Waals surface area contributed by atoms with Crippen molar-refractivity contribution in [3.8, 4) is 0 Å². The predicted octanol–water partition coefficient (Wildman–Crippen LogP) is 1.06. The zero-order valence-corrected chi connectivity index (χ0v) is 15.5. The Balaban J connectivity index is 1.36. The average molecular weight is 381 g/mol. The second-order valence-corrected chi connectivity index (χ2v) is 6.64. The second-order valence-electron chi connectivity index (χ2n) is 6.64. The molecule has 0 spiro atoms. The molecule has 1 aliphatic heterocycles. The number of rotatable bonds is 6. The maximum atomic E-state index is 12.9. The molecule has 1 saturated heterocycles. The first-order valence-corrected chi connectivity index (χ1v) is 9.33. The Hall–Kier alpha value is -3.43. The number of urea groups is 1. The molecule has 2 aromatic heterocycles. The summed E-state index contributed by atoms with van der Waals surface area (Å²) in [5, 5.41) is 14.1. The highest BCUT2D eigenvalue weighted by Crippen LogP contribution is 2.18. The lowest BCUT2D eigenvalue weighted by Crippen LogP contribution is -2.52. The van der Waals surface area contributed by atoms with Crippen LogP contribution in [0.25, 0.3) is 0 Å². The molecule has 1 aromatic carbocycles. The summed E-state index contributed by atoms with van der Waals surface area (Å²) in [7, 11) is 0. The number of piperazine rings is 1. The summed E-state index contributed by atoms with van der Waals surface area (Å²) < 4.78 is 1.78. The Morgan fingerprint density at radius 1 is 1.14 bits per heavy atom. The Bertz CT molecular complexity index is 843. The van der Waals surface area contributed by atoms with Crippen LogP contribution in [0.4, 0.5) is 10.7 Å². The average Bonchev–Trinajstić information content (AvgIpc) is 3.46. The molecular formula is C18H23N9O. The van der Waals surface area contributed by atoms with Gasteiger partial charge in [-0.1, -0.05) is 30.3 Å². The van der Waals surface area contributed by atoms with Gasteiger partial charge in [-0.15, -0.1) is 0 Å². The summed E-state index contributed by atoms with van der Waals surface area (Å²) in [6.45, 7) is 3.39. The number of H-pyrrole nitrogens is 1. The fourth-order valence-corrected chi connectivity index (χ4v) is 3.33. The molecule has 3 heterocycles. The van der Waals surface area contributed by atoms with Crippen LogP contribution in [0.3, 0.4) is 0 Å². The van der Waals surface area contributed by atoms with Gasteiger partial charge in [-0.25, -0.2) is 14.9 Å². The minimum absolute atomic E-state index is 0.0512. The minimum Gasteiger partial charge on any atom is -0.338 e. The summed E-state index contributed by atoms with van der Waals surface area (Å²) in [5.41, 5.74) is 1.08. The van der Waals surface area contributed by atoms with Gasteiger partial charge in [0.15, 0.2) is 0 Å². The Morgan fingerprint density at radius 3 is 2.64 bits per heavy atom. The lowest BCUT2D eigenvalue weighted by molar-refractivity contribution is 0.189. The normalized spacial score (nSPS) is 15.4. The summed E-state index contributed by atoms with van der Waals surface area (Å²) in [6, 6.07) is 9.88. The molecule has 0 radical (unpaired) electrons. The molecule has 1 aliphatic rings. The van der Waals surface area contributed by atoms with Gasteiger partial charge in [0.2, 0.25) is 5.95 Å². The van der Waals surface area contributed by atoms with Crippen molar-refractivity contribution >= 4 is 12.0 Å². The molecule has 2 N–H and O–H groups in total. The number of hydrogen-bond acceptors (Lipinski definition) is 6. The van der Waals surface area contributed by atoms with E-state index in [0.717, 1.165) is 31.0 Å². The summed E-state index contributed by atoms with van der Waals surface area (Å²) in [5.74, 6) is 0.745. The van der Waals surface area contributed by atoms with Gasteiger partial charge in [-0.2, -0.15) is 15.2 Å². The highest BCUT2D eigenvalue weighted by molar-refractivity contribution is 5.75. The lowest BCUT2D eigenvalue weighted by Gasteiger charge is -2.35. The van der Waals surface area contributed by atoms with Crippen molar-refractivity contribution in [2.45, 2.75) is 19.0 Å². The summed E-state index contributed by atoms with van der Waals surface area (Å²) in [4.78, 5) is 24.9. The van der Waals surface area contributed by atoms with Gasteiger partial charge in [-0.05, 0) is 12.0 Å². The number of nitrogens with zero attached hydrogens (tertiary/aromatic N) is 7. The predicted molar refractivity (Wildman–Crippen MR) is 103 cm³/mol. The number of anilines is 1. The van der Waals surface area contributed by atoms with Gasteiger partial charge in [0.25, 0.3) is 0 Å². The van der Waals surface area contributed by atoms with Crippen LogP contribution in [0.15, 0.2) is 49.3 Å². The van der Waals surface area contributed by atoms with E-state index in [4.69, 9.17) is 0 Å². The molecule has 3 aromatic rings. The van der Waals surface area contributed by atoms with E-state index in [0.29, 0.717) is 19.6 Å². The van der Waals surface area contributed by atoms with Crippen LogP contribution < -0.4 is 10.2 Å². The van der Waals surface area contributed by atoms with E-state index in [-0.39, 0.29) is 12.1 Å². The first kappa shape index (κ1) is 18.0. The molecule has 10 heteroatoms. The molecular weight excluding hydrogens is 358 g/mol. The molecule has 0 bridgehead atoms. The highest BCUT2D eigenvalue weighted by atomic mass is 16.2. The molecule has 28 heavy (non-hydrogen) atoms. The van der Waals surface area contributed by atoms with Crippen LogP contribution in [0.5, 0.6) is 0 Å². The van der Waals surface area contributed by atoms with Gasteiger partial charge in [0.1, 0.15) is 19.0 Å². The fraction of sp³-hybridized carbons (Fsp3) is 0.389. The first-order chi connectivity index (χ1) is 13.8. The molecule has 0 aliphatic carbocycles. The maximum Gasteiger partial charge on any atom is 0.318 e. The molecule has 1 unspecified atom stereocenters. The number of hydrogen-bond donors (Lipinski definition) is 2. The number of carbonyl (C=O) groups excluding carboxylic acids is 1. The molecule has 2 amide bonds. The van der Waals surface area contributed by atoms with Gasteiger partial charge < -0.3 is 15.1 Å². The van der Waals surface area contributed by atoms with Crippen molar-refractivity contribution < 1.29 is 4.79 Å². The molecule has 146 valence electrons. The van der Waals surface area contributed by atoms with Crippen molar-refractivity contribution in [3.05, 3.63) is 54.9 Å². The summed E-state index contributed by atoms with van der Waals surface area (Å²) >= 11 is 0. The van der Waals surface area contributed by atoms with Crippen molar-refractivity contribution in [1.29, 1.82) is 0 Å². The Labute approximate surface area is 162 Å². The Morgan fingerprint density at radius 2 is 1.96 bits per heavy atom. The molecule has 1 atom stereocenters. The second kappa shape index (κ2) is 8.51. The number of aromatic nitrogens is 6.